The molecule has 138 valence electrons. The van der Waals surface area contributed by atoms with Gasteiger partial charge < -0.3 is 20.5 Å². The standard InChI is InChI=1S/C18H27N3O4/c1-10(2)7-14(19)18(23)21-12(4)20-11(3)17(22)13-5-6-15-16(8-13)25-9-24-15/h5-6,8,10-12,14,20H,7,9,19H2,1-4H3,(H,21,23). The molecule has 25 heavy (non-hydrogen) atoms. The molecule has 7 nitrogen and oxygen atoms in total. The number of hydrogen-bond donors (Lipinski definition) is 3. The lowest BCUT2D eigenvalue weighted by molar-refractivity contribution is -0.123. The summed E-state index contributed by atoms with van der Waals surface area (Å²) in [5.74, 6) is 1.23. The Labute approximate surface area is 148 Å². The lowest BCUT2D eigenvalue weighted by Crippen LogP contribution is -2.53. The molecule has 0 radical (unpaired) electrons. The van der Waals surface area contributed by atoms with E-state index in [2.05, 4.69) is 10.6 Å². The SMILES string of the molecule is CC(C)CC(N)C(=O)NC(C)NC(C)C(=O)c1ccc2c(c1)OCO2. The molecule has 1 heterocycles. The first-order chi connectivity index (χ1) is 11.8. The van der Waals surface area contributed by atoms with Crippen LogP contribution in [0.3, 0.4) is 0 Å². The number of ketones is 1. The molecular weight excluding hydrogens is 322 g/mol. The van der Waals surface area contributed by atoms with Crippen molar-refractivity contribution < 1.29 is 19.1 Å². The van der Waals surface area contributed by atoms with Crippen molar-refractivity contribution in [1.29, 1.82) is 0 Å². The van der Waals surface area contributed by atoms with Crippen molar-refractivity contribution in [2.24, 2.45) is 11.7 Å². The molecule has 7 heteroatoms. The summed E-state index contributed by atoms with van der Waals surface area (Å²) in [4.78, 5) is 24.6. The number of amides is 1. The number of hydrogen-bond acceptors (Lipinski definition) is 6. The molecule has 2 rings (SSSR count). The van der Waals surface area contributed by atoms with Gasteiger partial charge in [0.15, 0.2) is 17.3 Å². The van der Waals surface area contributed by atoms with E-state index >= 15 is 0 Å². The van der Waals surface area contributed by atoms with E-state index in [-0.39, 0.29) is 24.6 Å². The molecule has 0 saturated heterocycles. The van der Waals surface area contributed by atoms with Gasteiger partial charge in [-0.05, 0) is 44.4 Å². The van der Waals surface area contributed by atoms with E-state index in [1.165, 1.54) is 0 Å². The maximum atomic E-state index is 12.5. The molecule has 1 aromatic carbocycles. The highest BCUT2D eigenvalue weighted by atomic mass is 16.7. The van der Waals surface area contributed by atoms with Gasteiger partial charge in [-0.25, -0.2) is 0 Å². The van der Waals surface area contributed by atoms with Gasteiger partial charge in [0.1, 0.15) is 0 Å². The molecule has 1 aliphatic rings. The summed E-state index contributed by atoms with van der Waals surface area (Å²) in [6.07, 6.45) is 0.239. The minimum Gasteiger partial charge on any atom is -0.454 e. The van der Waals surface area contributed by atoms with Crippen LogP contribution in [0.25, 0.3) is 0 Å². The Hall–Kier alpha value is -2.12. The molecule has 3 atom stereocenters. The van der Waals surface area contributed by atoms with Crippen LogP contribution in [0.5, 0.6) is 11.5 Å². The van der Waals surface area contributed by atoms with Crippen LogP contribution >= 0.6 is 0 Å². The topological polar surface area (TPSA) is 103 Å². The minimum absolute atomic E-state index is 0.0918. The predicted molar refractivity (Wildman–Crippen MR) is 94.5 cm³/mol. The molecule has 0 aromatic heterocycles. The number of carbonyl (C=O) groups is 2. The summed E-state index contributed by atoms with van der Waals surface area (Å²) in [5, 5.41) is 5.87. The molecule has 0 bridgehead atoms. The third-order valence-corrected chi connectivity index (χ3v) is 3.97. The van der Waals surface area contributed by atoms with Gasteiger partial charge >= 0.3 is 0 Å². The smallest absolute Gasteiger partial charge is 0.238 e. The number of nitrogens with one attached hydrogen (secondary N) is 2. The monoisotopic (exact) mass is 349 g/mol. The zero-order chi connectivity index (χ0) is 18.6. The molecule has 3 unspecified atom stereocenters. The van der Waals surface area contributed by atoms with E-state index in [4.69, 9.17) is 15.2 Å². The number of nitrogens with two attached hydrogens (primary N) is 1. The molecule has 4 N–H and O–H groups in total. The highest BCUT2D eigenvalue weighted by molar-refractivity contribution is 6.00. The quantitative estimate of drug-likeness (QED) is 0.484. The summed E-state index contributed by atoms with van der Waals surface area (Å²) >= 11 is 0. The van der Waals surface area contributed by atoms with Crippen LogP contribution in [-0.2, 0) is 4.79 Å². The fraction of sp³-hybridized carbons (Fsp3) is 0.556. The summed E-state index contributed by atoms with van der Waals surface area (Å²) in [7, 11) is 0. The van der Waals surface area contributed by atoms with Crippen LogP contribution in [0.4, 0.5) is 0 Å². The van der Waals surface area contributed by atoms with Gasteiger partial charge in [0.25, 0.3) is 0 Å². The van der Waals surface area contributed by atoms with E-state index in [9.17, 15) is 9.59 Å². The van der Waals surface area contributed by atoms with Crippen LogP contribution < -0.4 is 25.8 Å². The molecule has 0 spiro atoms. The largest absolute Gasteiger partial charge is 0.454 e. The molecule has 0 saturated carbocycles. The van der Waals surface area contributed by atoms with Crippen molar-refractivity contribution >= 4 is 11.7 Å². The fourth-order valence-corrected chi connectivity index (χ4v) is 2.73. The number of benzene rings is 1. The van der Waals surface area contributed by atoms with Crippen molar-refractivity contribution in [2.75, 3.05) is 6.79 Å². The summed E-state index contributed by atoms with van der Waals surface area (Å²) < 4.78 is 10.5. The third-order valence-electron chi connectivity index (χ3n) is 3.97. The first kappa shape index (κ1) is 19.2. The normalized spacial score (nSPS) is 16.4. The number of fused-ring (bicyclic) bond motifs is 1. The zero-order valence-electron chi connectivity index (χ0n) is 15.2. The van der Waals surface area contributed by atoms with Crippen molar-refractivity contribution in [3.8, 4) is 11.5 Å². The first-order valence-corrected chi connectivity index (χ1v) is 8.53. The third kappa shape index (κ3) is 5.17. The molecule has 1 aromatic rings. The summed E-state index contributed by atoms with van der Waals surface area (Å²) in [6.45, 7) is 7.73. The fourth-order valence-electron chi connectivity index (χ4n) is 2.73. The molecule has 1 amide bonds. The zero-order valence-corrected chi connectivity index (χ0v) is 15.2. The number of rotatable bonds is 8. The van der Waals surface area contributed by atoms with E-state index in [1.54, 1.807) is 32.0 Å². The van der Waals surface area contributed by atoms with Crippen molar-refractivity contribution in [2.45, 2.75) is 52.4 Å². The van der Waals surface area contributed by atoms with Crippen molar-refractivity contribution in [1.82, 2.24) is 10.6 Å². The Morgan fingerprint density at radius 1 is 1.16 bits per heavy atom. The lowest BCUT2D eigenvalue weighted by Gasteiger charge is -2.22. The van der Waals surface area contributed by atoms with Crippen LogP contribution in [0.15, 0.2) is 18.2 Å². The first-order valence-electron chi connectivity index (χ1n) is 8.53. The molecule has 0 fully saturated rings. The Bertz CT molecular complexity index is 633. The van der Waals surface area contributed by atoms with Gasteiger partial charge in [0.2, 0.25) is 12.7 Å². The highest BCUT2D eigenvalue weighted by Gasteiger charge is 2.22. The average molecular weight is 349 g/mol. The summed E-state index contributed by atoms with van der Waals surface area (Å²) in [5.41, 5.74) is 6.39. The summed E-state index contributed by atoms with van der Waals surface area (Å²) in [6, 6.07) is 4.07. The second-order valence-corrected chi connectivity index (χ2v) is 6.79. The number of ether oxygens (including phenoxy) is 2. The second-order valence-electron chi connectivity index (χ2n) is 6.79. The number of carbonyl (C=O) groups excluding carboxylic acids is 2. The minimum atomic E-state index is -0.552. The number of Topliss-reactive ketones (excluding diaryl/α,β-unsaturated/α-hetero) is 1. The Kier molecular flexibility index (Phi) is 6.39. The lowest BCUT2D eigenvalue weighted by atomic mass is 10.0. The van der Waals surface area contributed by atoms with Crippen LogP contribution in [0.2, 0.25) is 0 Å². The highest BCUT2D eigenvalue weighted by Crippen LogP contribution is 2.32. The van der Waals surface area contributed by atoms with E-state index in [1.807, 2.05) is 13.8 Å². The van der Waals surface area contributed by atoms with E-state index in [0.717, 1.165) is 0 Å². The predicted octanol–water partition coefficient (Wildman–Crippen LogP) is 1.41. The maximum absolute atomic E-state index is 12.5. The van der Waals surface area contributed by atoms with Gasteiger partial charge in [-0.3, -0.25) is 14.9 Å². The van der Waals surface area contributed by atoms with E-state index in [0.29, 0.717) is 29.4 Å². The molecule has 0 aliphatic carbocycles. The van der Waals surface area contributed by atoms with Gasteiger partial charge in [0, 0.05) is 5.56 Å². The van der Waals surface area contributed by atoms with Gasteiger partial charge in [0.05, 0.1) is 18.2 Å². The van der Waals surface area contributed by atoms with Crippen LogP contribution in [0.1, 0.15) is 44.5 Å². The average Bonchev–Trinajstić information content (AvgIpc) is 3.00. The van der Waals surface area contributed by atoms with Gasteiger partial charge in [-0.1, -0.05) is 13.8 Å². The Balaban J connectivity index is 1.89. The van der Waals surface area contributed by atoms with Gasteiger partial charge in [-0.2, -0.15) is 0 Å². The Morgan fingerprint density at radius 3 is 2.52 bits per heavy atom. The van der Waals surface area contributed by atoms with Crippen molar-refractivity contribution in [3.63, 3.8) is 0 Å². The van der Waals surface area contributed by atoms with Crippen LogP contribution in [0, 0.1) is 5.92 Å². The van der Waals surface area contributed by atoms with Gasteiger partial charge in [-0.15, -0.1) is 0 Å². The molecule has 1 aliphatic heterocycles. The maximum Gasteiger partial charge on any atom is 0.238 e. The molecular formula is C18H27N3O4. The van der Waals surface area contributed by atoms with Crippen LogP contribution in [-0.4, -0.2) is 36.7 Å². The van der Waals surface area contributed by atoms with E-state index < -0.39 is 12.1 Å². The Morgan fingerprint density at radius 2 is 1.84 bits per heavy atom. The van der Waals surface area contributed by atoms with Crippen molar-refractivity contribution in [3.05, 3.63) is 23.8 Å². The second kappa shape index (κ2) is 8.31.